The number of unbranched alkanes of at least 4 members (excludes halogenated alkanes) is 2. The summed E-state index contributed by atoms with van der Waals surface area (Å²) in [7, 11) is 1.56. The summed E-state index contributed by atoms with van der Waals surface area (Å²) in [6.45, 7) is 2.02. The van der Waals surface area contributed by atoms with Crippen molar-refractivity contribution in [1.82, 2.24) is 14.9 Å². The molecule has 0 unspecified atom stereocenters. The lowest BCUT2D eigenvalue weighted by atomic mass is 10.1. The number of carbonyl (C=O) groups is 2. The Labute approximate surface area is 132 Å². The summed E-state index contributed by atoms with van der Waals surface area (Å²) in [5, 5.41) is 11.5. The van der Waals surface area contributed by atoms with Gasteiger partial charge in [-0.2, -0.15) is 0 Å². The Kier molecular flexibility index (Phi) is 5.15. The zero-order valence-electron chi connectivity index (χ0n) is 13.1. The molecule has 1 amide bonds. The number of aromatic nitrogens is 2. The molecule has 0 saturated carbocycles. The standard InChI is InChI=1S/C15H19N3O5/c1-9-11(12-14(23-9)17-8-18(2)15(12)22)13(21)16-7-5-3-4-6-10(19)20/h8H,3-7H2,1-2H3,(H,16,21)(H,19,20). The number of rotatable bonds is 7. The highest BCUT2D eigenvalue weighted by atomic mass is 16.4. The molecule has 8 heteroatoms. The maximum Gasteiger partial charge on any atom is 0.303 e. The number of fused-ring (bicyclic) bond motifs is 1. The Morgan fingerprint density at radius 3 is 2.78 bits per heavy atom. The number of nitrogens with zero attached hydrogens (tertiary/aromatic N) is 2. The molecular weight excluding hydrogens is 302 g/mol. The van der Waals surface area contributed by atoms with E-state index in [4.69, 9.17) is 9.52 Å². The first-order valence-electron chi connectivity index (χ1n) is 7.36. The molecule has 2 N–H and O–H groups in total. The highest BCUT2D eigenvalue weighted by molar-refractivity contribution is 6.06. The molecule has 2 rings (SSSR count). The van der Waals surface area contributed by atoms with E-state index in [9.17, 15) is 14.4 Å². The minimum absolute atomic E-state index is 0.126. The van der Waals surface area contributed by atoms with Crippen LogP contribution in [0.15, 0.2) is 15.5 Å². The van der Waals surface area contributed by atoms with Crippen LogP contribution in [0.5, 0.6) is 0 Å². The van der Waals surface area contributed by atoms with Gasteiger partial charge in [-0.05, 0) is 19.8 Å². The van der Waals surface area contributed by atoms with Crippen molar-refractivity contribution >= 4 is 23.0 Å². The molecule has 0 radical (unpaired) electrons. The third kappa shape index (κ3) is 3.77. The number of nitrogens with one attached hydrogen (secondary N) is 1. The Morgan fingerprint density at radius 2 is 2.09 bits per heavy atom. The van der Waals surface area contributed by atoms with E-state index in [1.54, 1.807) is 14.0 Å². The summed E-state index contributed by atoms with van der Waals surface area (Å²) in [5.41, 5.74) is 0.0231. The molecule has 2 aromatic heterocycles. The van der Waals surface area contributed by atoms with Crippen molar-refractivity contribution in [3.05, 3.63) is 28.0 Å². The second kappa shape index (κ2) is 7.08. The molecule has 2 aromatic rings. The number of carbonyl (C=O) groups excluding carboxylic acids is 1. The number of carboxylic acids is 1. The molecule has 124 valence electrons. The normalized spacial score (nSPS) is 10.9. The first-order chi connectivity index (χ1) is 10.9. The Morgan fingerprint density at radius 1 is 1.35 bits per heavy atom. The van der Waals surface area contributed by atoms with Crippen LogP contribution in [-0.2, 0) is 11.8 Å². The monoisotopic (exact) mass is 321 g/mol. The van der Waals surface area contributed by atoms with E-state index in [0.717, 1.165) is 0 Å². The molecule has 0 aliphatic rings. The lowest BCUT2D eigenvalue weighted by Crippen LogP contribution is -2.27. The number of aryl methyl sites for hydroxylation is 2. The molecule has 0 atom stereocenters. The van der Waals surface area contributed by atoms with E-state index in [2.05, 4.69) is 10.3 Å². The first-order valence-corrected chi connectivity index (χ1v) is 7.36. The molecular formula is C15H19N3O5. The van der Waals surface area contributed by atoms with Gasteiger partial charge in [-0.1, -0.05) is 6.42 Å². The summed E-state index contributed by atoms with van der Waals surface area (Å²) >= 11 is 0. The van der Waals surface area contributed by atoms with E-state index >= 15 is 0 Å². The maximum absolute atomic E-state index is 12.3. The van der Waals surface area contributed by atoms with E-state index < -0.39 is 5.97 Å². The van der Waals surface area contributed by atoms with Crippen molar-refractivity contribution in [2.45, 2.75) is 32.6 Å². The van der Waals surface area contributed by atoms with Gasteiger partial charge in [-0.3, -0.25) is 14.4 Å². The number of furan rings is 1. The molecule has 23 heavy (non-hydrogen) atoms. The number of hydrogen-bond acceptors (Lipinski definition) is 5. The molecule has 0 aliphatic heterocycles. The summed E-state index contributed by atoms with van der Waals surface area (Å²) in [4.78, 5) is 38.9. The van der Waals surface area contributed by atoms with E-state index in [0.29, 0.717) is 31.6 Å². The summed E-state index contributed by atoms with van der Waals surface area (Å²) in [5.74, 6) is -0.860. The first kappa shape index (κ1) is 16.7. The minimum atomic E-state index is -0.821. The van der Waals surface area contributed by atoms with E-state index in [1.165, 1.54) is 10.9 Å². The summed E-state index contributed by atoms with van der Waals surface area (Å²) in [6.07, 6.45) is 3.42. The van der Waals surface area contributed by atoms with Gasteiger partial charge in [-0.15, -0.1) is 0 Å². The van der Waals surface area contributed by atoms with Crippen LogP contribution >= 0.6 is 0 Å². The Balaban J connectivity index is 2.04. The number of aliphatic carboxylic acids is 1. The van der Waals surface area contributed by atoms with Crippen LogP contribution < -0.4 is 10.9 Å². The van der Waals surface area contributed by atoms with E-state index in [1.807, 2.05) is 0 Å². The predicted molar refractivity (Wildman–Crippen MR) is 82.4 cm³/mol. The SMILES string of the molecule is Cc1oc2ncn(C)c(=O)c2c1C(=O)NCCCCCC(=O)O. The quantitative estimate of drug-likeness (QED) is 0.741. The van der Waals surface area contributed by atoms with Gasteiger partial charge in [0.1, 0.15) is 17.5 Å². The highest BCUT2D eigenvalue weighted by Gasteiger charge is 2.21. The van der Waals surface area contributed by atoms with Crippen molar-refractivity contribution in [1.29, 1.82) is 0 Å². The van der Waals surface area contributed by atoms with Gasteiger partial charge in [0.25, 0.3) is 11.5 Å². The van der Waals surface area contributed by atoms with Crippen molar-refractivity contribution in [3.63, 3.8) is 0 Å². The predicted octanol–water partition coefficient (Wildman–Crippen LogP) is 1.21. The van der Waals surface area contributed by atoms with Gasteiger partial charge in [-0.25, -0.2) is 4.98 Å². The van der Waals surface area contributed by atoms with Gasteiger partial charge in [0.15, 0.2) is 0 Å². The van der Waals surface area contributed by atoms with Gasteiger partial charge < -0.3 is 19.4 Å². The lowest BCUT2D eigenvalue weighted by Gasteiger charge is -2.04. The fourth-order valence-corrected chi connectivity index (χ4v) is 2.33. The molecule has 0 spiro atoms. The molecule has 0 fully saturated rings. The van der Waals surface area contributed by atoms with Gasteiger partial charge in [0.2, 0.25) is 5.71 Å². The fraction of sp³-hybridized carbons (Fsp3) is 0.467. The second-order valence-corrected chi connectivity index (χ2v) is 5.33. The van der Waals surface area contributed by atoms with Gasteiger partial charge in [0.05, 0.1) is 5.56 Å². The maximum atomic E-state index is 12.3. The van der Waals surface area contributed by atoms with Crippen LogP contribution in [0.25, 0.3) is 11.1 Å². The topological polar surface area (TPSA) is 114 Å². The minimum Gasteiger partial charge on any atom is -0.481 e. The van der Waals surface area contributed by atoms with E-state index in [-0.39, 0.29) is 34.6 Å². The van der Waals surface area contributed by atoms with Crippen LogP contribution in [0.3, 0.4) is 0 Å². The summed E-state index contributed by atoms with van der Waals surface area (Å²) < 4.78 is 6.67. The third-order valence-electron chi connectivity index (χ3n) is 3.53. The van der Waals surface area contributed by atoms with Gasteiger partial charge in [0, 0.05) is 20.0 Å². The zero-order valence-corrected chi connectivity index (χ0v) is 13.1. The van der Waals surface area contributed by atoms with Crippen molar-refractivity contribution in [2.75, 3.05) is 6.54 Å². The van der Waals surface area contributed by atoms with Crippen LogP contribution in [0, 0.1) is 6.92 Å². The van der Waals surface area contributed by atoms with Crippen molar-refractivity contribution < 1.29 is 19.1 Å². The molecule has 8 nitrogen and oxygen atoms in total. The highest BCUT2D eigenvalue weighted by Crippen LogP contribution is 2.20. The summed E-state index contributed by atoms with van der Waals surface area (Å²) in [6, 6.07) is 0. The van der Waals surface area contributed by atoms with Crippen molar-refractivity contribution in [3.8, 4) is 0 Å². The van der Waals surface area contributed by atoms with Crippen LogP contribution in [-0.4, -0.2) is 33.1 Å². The third-order valence-corrected chi connectivity index (χ3v) is 3.53. The Hall–Kier alpha value is -2.64. The van der Waals surface area contributed by atoms with Crippen LogP contribution in [0.2, 0.25) is 0 Å². The largest absolute Gasteiger partial charge is 0.481 e. The van der Waals surface area contributed by atoms with Crippen LogP contribution in [0.4, 0.5) is 0 Å². The molecule has 0 aromatic carbocycles. The Bertz CT molecular complexity index is 790. The zero-order chi connectivity index (χ0) is 17.0. The molecule has 2 heterocycles. The average molecular weight is 321 g/mol. The second-order valence-electron chi connectivity index (χ2n) is 5.33. The smallest absolute Gasteiger partial charge is 0.303 e. The lowest BCUT2D eigenvalue weighted by molar-refractivity contribution is -0.137. The molecule has 0 saturated heterocycles. The number of carboxylic acid groups (broad SMARTS) is 1. The van der Waals surface area contributed by atoms with Crippen molar-refractivity contribution in [2.24, 2.45) is 7.05 Å². The number of hydrogen-bond donors (Lipinski definition) is 2. The molecule has 0 aliphatic carbocycles. The molecule has 0 bridgehead atoms. The van der Waals surface area contributed by atoms with Crippen LogP contribution in [0.1, 0.15) is 41.8 Å². The number of amides is 1. The average Bonchev–Trinajstić information content (AvgIpc) is 2.83. The van der Waals surface area contributed by atoms with Gasteiger partial charge >= 0.3 is 5.97 Å². The fourth-order valence-electron chi connectivity index (χ4n) is 2.33.